The summed E-state index contributed by atoms with van der Waals surface area (Å²) in [5, 5.41) is 3.45. The molecule has 1 amide bonds. The Bertz CT molecular complexity index is 1100. The van der Waals surface area contributed by atoms with Crippen LogP contribution in [0.15, 0.2) is 59.6 Å². The molecule has 0 bridgehead atoms. The largest absolute Gasteiger partial charge is 0.355 e. The number of carbonyl (C=O) groups excluding carboxylic acids is 1. The highest BCUT2D eigenvalue weighted by Gasteiger charge is 2.22. The van der Waals surface area contributed by atoms with Gasteiger partial charge in [-0.15, -0.1) is 0 Å². The topological polar surface area (TPSA) is 68.2 Å². The molecule has 0 aliphatic heterocycles. The van der Waals surface area contributed by atoms with Crippen LogP contribution in [0.4, 0.5) is 4.39 Å². The number of nitrogens with zero attached hydrogens (tertiary/aromatic N) is 1. The maximum atomic E-state index is 13.1. The lowest BCUT2D eigenvalue weighted by Crippen LogP contribution is -2.28. The van der Waals surface area contributed by atoms with E-state index in [1.54, 1.807) is 22.8 Å². The minimum absolute atomic E-state index is 0.0463. The molecule has 7 heteroatoms. The van der Waals surface area contributed by atoms with Gasteiger partial charge in [-0.2, -0.15) is 0 Å². The third kappa shape index (κ3) is 5.23. The summed E-state index contributed by atoms with van der Waals surface area (Å²) < 4.78 is 40.9. The van der Waals surface area contributed by atoms with Crippen LogP contribution < -0.4 is 5.32 Å². The molecule has 29 heavy (non-hydrogen) atoms. The van der Waals surface area contributed by atoms with Crippen LogP contribution in [0.3, 0.4) is 0 Å². The van der Waals surface area contributed by atoms with E-state index in [0.717, 1.165) is 6.42 Å². The number of para-hydroxylation sites is 1. The molecule has 0 spiro atoms. The number of fused-ring (bicyclic) bond motifs is 1. The lowest BCUT2D eigenvalue weighted by atomic mass is 10.1. The molecule has 0 fully saturated rings. The van der Waals surface area contributed by atoms with Crippen molar-refractivity contribution >= 4 is 26.6 Å². The van der Waals surface area contributed by atoms with Crippen molar-refractivity contribution in [2.75, 3.05) is 6.54 Å². The summed E-state index contributed by atoms with van der Waals surface area (Å²) in [6, 6.07) is 12.5. The van der Waals surface area contributed by atoms with Gasteiger partial charge in [0.05, 0.1) is 10.6 Å². The molecule has 5 nitrogen and oxygen atoms in total. The standard InChI is InChI=1S/C22H25FN2O3S/c1-16(2)11-12-24-22(26)14-25-13-21(19-5-3-4-6-20(19)25)29(27,28)15-17-7-9-18(23)10-8-17/h3-10,13,16H,11-12,14-15H2,1-2H3,(H,24,26). The first-order valence-electron chi connectivity index (χ1n) is 9.58. The molecule has 0 saturated heterocycles. The Labute approximate surface area is 170 Å². The van der Waals surface area contributed by atoms with Crippen LogP contribution in [-0.2, 0) is 26.9 Å². The second-order valence-electron chi connectivity index (χ2n) is 7.56. The number of sulfone groups is 1. The van der Waals surface area contributed by atoms with Gasteiger partial charge < -0.3 is 9.88 Å². The van der Waals surface area contributed by atoms with Crippen molar-refractivity contribution < 1.29 is 17.6 Å². The summed E-state index contributed by atoms with van der Waals surface area (Å²) in [5.74, 6) is -0.312. The van der Waals surface area contributed by atoms with E-state index in [4.69, 9.17) is 0 Å². The molecule has 3 rings (SSSR count). The average Bonchev–Trinajstić information content (AvgIpc) is 3.03. The number of nitrogens with one attached hydrogen (secondary N) is 1. The Balaban J connectivity index is 1.87. The van der Waals surface area contributed by atoms with Crippen molar-refractivity contribution in [3.8, 4) is 0 Å². The van der Waals surface area contributed by atoms with Crippen molar-refractivity contribution in [1.29, 1.82) is 0 Å². The SMILES string of the molecule is CC(C)CCNC(=O)Cn1cc(S(=O)(=O)Cc2ccc(F)cc2)c2ccccc21. The van der Waals surface area contributed by atoms with Crippen LogP contribution in [0.2, 0.25) is 0 Å². The van der Waals surface area contributed by atoms with E-state index >= 15 is 0 Å². The zero-order chi connectivity index (χ0) is 21.0. The number of amides is 1. The number of aromatic nitrogens is 1. The van der Waals surface area contributed by atoms with Crippen molar-refractivity contribution in [2.24, 2.45) is 5.92 Å². The van der Waals surface area contributed by atoms with Crippen LogP contribution in [0, 0.1) is 11.7 Å². The normalized spacial score (nSPS) is 11.9. The van der Waals surface area contributed by atoms with Gasteiger partial charge in [-0.25, -0.2) is 12.8 Å². The highest BCUT2D eigenvalue weighted by molar-refractivity contribution is 7.90. The molecule has 0 radical (unpaired) electrons. The Morgan fingerprint density at radius 1 is 1.10 bits per heavy atom. The summed E-state index contributed by atoms with van der Waals surface area (Å²) in [6.07, 6.45) is 2.40. The first-order valence-corrected chi connectivity index (χ1v) is 11.2. The van der Waals surface area contributed by atoms with Gasteiger partial charge in [-0.3, -0.25) is 4.79 Å². The molecule has 1 N–H and O–H groups in total. The molecular formula is C22H25FN2O3S. The predicted molar refractivity (Wildman–Crippen MR) is 112 cm³/mol. The van der Waals surface area contributed by atoms with E-state index < -0.39 is 15.7 Å². The van der Waals surface area contributed by atoms with Gasteiger partial charge in [0.1, 0.15) is 12.4 Å². The molecule has 3 aromatic rings. The summed E-state index contributed by atoms with van der Waals surface area (Å²) in [7, 11) is -3.67. The fourth-order valence-electron chi connectivity index (χ4n) is 3.18. The second kappa shape index (κ2) is 8.78. The van der Waals surface area contributed by atoms with Gasteiger partial charge in [-0.1, -0.05) is 44.2 Å². The van der Waals surface area contributed by atoms with Gasteiger partial charge in [0.2, 0.25) is 5.91 Å². The fourth-order valence-corrected chi connectivity index (χ4v) is 4.76. The van der Waals surface area contributed by atoms with Gasteiger partial charge >= 0.3 is 0 Å². The van der Waals surface area contributed by atoms with Crippen LogP contribution in [0.25, 0.3) is 10.9 Å². The fraction of sp³-hybridized carbons (Fsp3) is 0.318. The Kier molecular flexibility index (Phi) is 6.37. The van der Waals surface area contributed by atoms with Gasteiger partial charge in [0.15, 0.2) is 9.84 Å². The molecule has 0 aliphatic carbocycles. The maximum absolute atomic E-state index is 13.1. The number of hydrogen-bond acceptors (Lipinski definition) is 3. The minimum Gasteiger partial charge on any atom is -0.355 e. The maximum Gasteiger partial charge on any atom is 0.239 e. The molecule has 1 aromatic heterocycles. The van der Waals surface area contributed by atoms with Gasteiger partial charge in [0.25, 0.3) is 0 Å². The first-order chi connectivity index (χ1) is 13.8. The van der Waals surface area contributed by atoms with E-state index in [9.17, 15) is 17.6 Å². The third-order valence-electron chi connectivity index (χ3n) is 4.71. The van der Waals surface area contributed by atoms with E-state index in [1.165, 1.54) is 30.5 Å². The first kappa shape index (κ1) is 21.0. The van der Waals surface area contributed by atoms with Crippen LogP contribution in [0.1, 0.15) is 25.8 Å². The zero-order valence-electron chi connectivity index (χ0n) is 16.6. The third-order valence-corrected chi connectivity index (χ3v) is 6.42. The van der Waals surface area contributed by atoms with E-state index in [0.29, 0.717) is 28.9 Å². The average molecular weight is 417 g/mol. The Morgan fingerprint density at radius 2 is 1.79 bits per heavy atom. The lowest BCUT2D eigenvalue weighted by molar-refractivity contribution is -0.121. The molecule has 0 atom stereocenters. The predicted octanol–water partition coefficient (Wildman–Crippen LogP) is 3.92. The quantitative estimate of drug-likeness (QED) is 0.605. The molecule has 0 saturated carbocycles. The molecule has 1 heterocycles. The summed E-state index contributed by atoms with van der Waals surface area (Å²) >= 11 is 0. The van der Waals surface area contributed by atoms with Crippen LogP contribution in [0.5, 0.6) is 0 Å². The highest BCUT2D eigenvalue weighted by atomic mass is 32.2. The van der Waals surface area contributed by atoms with Crippen LogP contribution >= 0.6 is 0 Å². The second-order valence-corrected chi connectivity index (χ2v) is 9.51. The number of carbonyl (C=O) groups is 1. The summed E-state index contributed by atoms with van der Waals surface area (Å²) in [5.41, 5.74) is 1.19. The molecule has 2 aromatic carbocycles. The smallest absolute Gasteiger partial charge is 0.239 e. The van der Waals surface area contributed by atoms with Gasteiger partial charge in [0, 0.05) is 23.6 Å². The van der Waals surface area contributed by atoms with Crippen molar-refractivity contribution in [3.63, 3.8) is 0 Å². The van der Waals surface area contributed by atoms with Crippen molar-refractivity contribution in [2.45, 2.75) is 37.5 Å². The van der Waals surface area contributed by atoms with Crippen molar-refractivity contribution in [3.05, 3.63) is 66.1 Å². The van der Waals surface area contributed by atoms with Crippen LogP contribution in [-0.4, -0.2) is 25.4 Å². The minimum atomic E-state index is -3.67. The van der Waals surface area contributed by atoms with Crippen molar-refractivity contribution in [1.82, 2.24) is 9.88 Å². The number of halogens is 1. The monoisotopic (exact) mass is 416 g/mol. The summed E-state index contributed by atoms with van der Waals surface area (Å²) in [4.78, 5) is 12.5. The molecule has 0 unspecified atom stereocenters. The number of benzene rings is 2. The van der Waals surface area contributed by atoms with E-state index in [1.807, 2.05) is 6.07 Å². The van der Waals surface area contributed by atoms with E-state index in [-0.39, 0.29) is 23.1 Å². The van der Waals surface area contributed by atoms with Gasteiger partial charge in [-0.05, 0) is 36.1 Å². The molecular weight excluding hydrogens is 391 g/mol. The Hall–Kier alpha value is -2.67. The molecule has 154 valence electrons. The Morgan fingerprint density at radius 3 is 2.48 bits per heavy atom. The number of rotatable bonds is 8. The zero-order valence-corrected chi connectivity index (χ0v) is 17.4. The summed E-state index contributed by atoms with van der Waals surface area (Å²) in [6.45, 7) is 4.81. The number of hydrogen-bond donors (Lipinski definition) is 1. The molecule has 0 aliphatic rings. The van der Waals surface area contributed by atoms with E-state index in [2.05, 4.69) is 19.2 Å². The highest BCUT2D eigenvalue weighted by Crippen LogP contribution is 2.28. The lowest BCUT2D eigenvalue weighted by Gasteiger charge is -2.08.